The fraction of sp³-hybridized carbons (Fsp3) is 0.753. The van der Waals surface area contributed by atoms with Gasteiger partial charge in [-0.1, -0.05) is 40.0 Å². The van der Waals surface area contributed by atoms with Gasteiger partial charge in [-0.2, -0.15) is 0 Å². The molecule has 0 aromatic heterocycles. The molecule has 0 aromatic carbocycles. The topological polar surface area (TPSA) is 662 Å². The van der Waals surface area contributed by atoms with E-state index in [-0.39, 0.29) is 57.8 Å². The molecule has 43 heteroatoms. The second-order valence-corrected chi connectivity index (χ2v) is 31.7. The van der Waals surface area contributed by atoms with Crippen LogP contribution >= 0.6 is 0 Å². The average Bonchev–Trinajstić information content (AvgIpc) is 0.908. The Morgan fingerprint density at radius 2 is 0.586 bits per heavy atom. The highest BCUT2D eigenvalue weighted by atomic mass is 16.6. The van der Waals surface area contributed by atoms with Crippen LogP contribution in [0.1, 0.15) is 243 Å². The number of hydrogen-bond acceptors (Lipinski definition) is 27. The first-order valence-electron chi connectivity index (χ1n) is 36.6. The molecular weight excluding hydrogens is 1530 g/mol. The third kappa shape index (κ3) is 78.3. The maximum Gasteiger partial charge on any atom is 0.414 e. The van der Waals surface area contributed by atoms with E-state index in [1.54, 1.807) is 145 Å². The van der Waals surface area contributed by atoms with E-state index in [2.05, 4.69) is 74.6 Å². The predicted molar refractivity (Wildman–Crippen MR) is 429 cm³/mol. The van der Waals surface area contributed by atoms with Crippen LogP contribution in [0.5, 0.6) is 0 Å². The Bertz CT molecular complexity index is 3000. The van der Waals surface area contributed by atoms with Gasteiger partial charge < -0.3 is 125 Å². The summed E-state index contributed by atoms with van der Waals surface area (Å²) in [7, 11) is 6.84. The lowest BCUT2D eigenvalue weighted by Gasteiger charge is -2.22. The van der Waals surface area contributed by atoms with E-state index in [9.17, 15) is 81.5 Å². The molecule has 0 saturated carbocycles. The Labute approximate surface area is 682 Å². The van der Waals surface area contributed by atoms with Crippen molar-refractivity contribution in [1.82, 2.24) is 53.2 Å². The maximum absolute atomic E-state index is 11.8. The third-order valence-corrected chi connectivity index (χ3v) is 12.4. The maximum atomic E-state index is 11.8. The summed E-state index contributed by atoms with van der Waals surface area (Å²) in [6, 6.07) is -5.60. The summed E-state index contributed by atoms with van der Waals surface area (Å²) in [5, 5.41) is 24.2. The minimum absolute atomic E-state index is 0. The van der Waals surface area contributed by atoms with Gasteiger partial charge in [0.05, 0.1) is 27.1 Å². The van der Waals surface area contributed by atoms with Gasteiger partial charge in [0.2, 0.25) is 53.2 Å². The largest absolute Gasteiger partial charge is 0.469 e. The number of esters is 2. The van der Waals surface area contributed by atoms with Gasteiger partial charge in [0.15, 0.2) is 0 Å². The molecule has 0 fully saturated rings. The molecule has 6 unspecified atom stereocenters. The zero-order chi connectivity index (χ0) is 91.4. The molecule has 0 aliphatic heterocycles. The first-order chi connectivity index (χ1) is 52.1. The Hall–Kier alpha value is -10.9. The predicted octanol–water partition coefficient (Wildman–Crippen LogP) is 3.86. The van der Waals surface area contributed by atoms with Gasteiger partial charge in [0.1, 0.15) is 75.5 Å². The SMILES string of the molecule is C.CCCCCCC(NC(=O)OC(C)(C)C)C(N)=O.CN=C(NCCCC(NC(=O)OC(C)(C)C)C(N)=O)NC(=O)OC(C)(C)C.CNC(=O)CC(NC(=O)OC(C)(C)C)C(N)=O.CNC(=O)CCC(NC(=O)OC(C)(C)C)C(N)=O.COC(=O)CC(NC(=O)OC(C)(C)C)C(N)=O.COC(=O)CCC(NC(=O)OC(C)(C)C)C(N)=O. The van der Waals surface area contributed by atoms with Crippen molar-refractivity contribution < 1.29 is 124 Å². The lowest BCUT2D eigenvalue weighted by molar-refractivity contribution is -0.143. The number of primary amides is 6. The van der Waals surface area contributed by atoms with Crippen molar-refractivity contribution in [1.29, 1.82) is 0 Å². The monoisotopic (exact) mass is 1670 g/mol. The van der Waals surface area contributed by atoms with Crippen molar-refractivity contribution in [2.45, 2.75) is 319 Å². The van der Waals surface area contributed by atoms with Crippen molar-refractivity contribution in [3.63, 3.8) is 0 Å². The second-order valence-electron chi connectivity index (χ2n) is 31.7. The van der Waals surface area contributed by atoms with Gasteiger partial charge in [-0.05, 0) is 178 Å². The van der Waals surface area contributed by atoms with Gasteiger partial charge in [-0.15, -0.1) is 0 Å². The number of unbranched alkanes of at least 4 members (excludes halogenated alkanes) is 3. The molecule has 43 nitrogen and oxygen atoms in total. The van der Waals surface area contributed by atoms with Gasteiger partial charge in [-0.25, -0.2) is 33.6 Å². The van der Waals surface area contributed by atoms with Crippen LogP contribution in [0.3, 0.4) is 0 Å². The number of nitrogens with one attached hydrogen (secondary N) is 10. The fourth-order valence-corrected chi connectivity index (χ4v) is 7.46. The molecule has 0 aliphatic carbocycles. The summed E-state index contributed by atoms with van der Waals surface area (Å²) >= 11 is 0. The number of rotatable bonds is 31. The molecule has 0 radical (unpaired) electrons. The second kappa shape index (κ2) is 58.8. The average molecular weight is 1670 g/mol. The molecule has 0 heterocycles. The smallest absolute Gasteiger partial charge is 0.414 e. The number of aliphatic imine (C=N–C) groups is 1. The zero-order valence-corrected chi connectivity index (χ0v) is 72.4. The van der Waals surface area contributed by atoms with Crippen LogP contribution in [-0.4, -0.2) is 225 Å². The third-order valence-electron chi connectivity index (χ3n) is 12.4. The minimum atomic E-state index is -1.14. The summed E-state index contributed by atoms with van der Waals surface area (Å²) in [5.74, 6) is -5.75. The summed E-state index contributed by atoms with van der Waals surface area (Å²) in [4.78, 5) is 195. The standard InChI is InChI=1S/C17H33N5O5.C13H26N2O3.C11H21N3O4.C11H20N2O5.C10H19N3O4.C10H18N2O5.CH4/c1-16(2,3)26-14(24)21-11(12(18)23)9-8-10-20-13(19-7)22-15(25)27-17(4,5)6;1-5-6-7-8-9-10(11(14)16)15-12(17)18-13(2,3)4;1-11(2,3)18-10(17)14-7(9(12)16)5-6-8(15)13-4;1-11(2,3)18-10(16)13-7(9(12)15)5-6-8(14)17-4;1-10(2,3)17-9(16)13-6(8(11)15)5-7(14)12-4;1-10(2,3)17-9(15)12-6(8(11)14)5-7(13)16-4;/h11H,8-10H2,1-7H3,(H2,18,23)(H,21,24)(H2,19,20,22,25);10H,5-9H2,1-4H3,(H2,14,16)(H,15,17);7H,5-6H2,1-4H3,(H2,12,16)(H,13,15)(H,14,17);7H,5-6H2,1-4H3,(H2,12,15)(H,13,16);6H,5H2,1-4H3,(H2,11,15)(H,12,14)(H,13,16);6H,5H2,1-4H3,(H2,11,14)(H,12,15);1H4. The van der Waals surface area contributed by atoms with Crippen LogP contribution in [0.25, 0.3) is 0 Å². The number of nitrogens with zero attached hydrogens (tertiary/aromatic N) is 1. The number of guanidine groups is 1. The molecule has 6 atom stereocenters. The lowest BCUT2D eigenvalue weighted by atomic mass is 10.1. The molecule has 15 amide bonds. The van der Waals surface area contributed by atoms with Gasteiger partial charge in [-0.3, -0.25) is 58.3 Å². The van der Waals surface area contributed by atoms with Crippen molar-refractivity contribution in [2.24, 2.45) is 39.4 Å². The molecule has 0 aliphatic rings. The van der Waals surface area contributed by atoms with E-state index in [0.29, 0.717) is 25.8 Å². The number of carbonyl (C=O) groups excluding carboxylic acids is 17. The Balaban J connectivity index is -0.000000248. The molecule has 22 N–H and O–H groups in total. The van der Waals surface area contributed by atoms with E-state index in [0.717, 1.165) is 25.7 Å². The van der Waals surface area contributed by atoms with Crippen molar-refractivity contribution in [3.05, 3.63) is 0 Å². The van der Waals surface area contributed by atoms with Crippen LogP contribution in [-0.2, 0) is 90.6 Å². The van der Waals surface area contributed by atoms with E-state index >= 15 is 0 Å². The molecule has 0 aromatic rings. The van der Waals surface area contributed by atoms with Gasteiger partial charge >= 0.3 is 54.6 Å². The van der Waals surface area contributed by atoms with Crippen LogP contribution in [0.15, 0.2) is 4.99 Å². The number of methoxy groups -OCH3 is 2. The first kappa shape index (κ1) is 118. The first-order valence-corrected chi connectivity index (χ1v) is 36.6. The summed E-state index contributed by atoms with van der Waals surface area (Å²) in [6.07, 6.45) is 0.228. The molecule has 0 saturated heterocycles. The highest BCUT2D eigenvalue weighted by Gasteiger charge is 2.30. The van der Waals surface area contributed by atoms with E-state index in [1.165, 1.54) is 35.4 Å². The van der Waals surface area contributed by atoms with E-state index in [1.807, 2.05) is 0 Å². The Morgan fingerprint density at radius 3 is 0.845 bits per heavy atom. The van der Waals surface area contributed by atoms with Crippen LogP contribution in [0.4, 0.5) is 33.6 Å². The fourth-order valence-electron chi connectivity index (χ4n) is 7.46. The highest BCUT2D eigenvalue weighted by Crippen LogP contribution is 2.15. The molecule has 116 heavy (non-hydrogen) atoms. The van der Waals surface area contributed by atoms with E-state index in [4.69, 9.17) is 67.6 Å². The number of carbonyl (C=O) groups is 17. The Morgan fingerprint density at radius 1 is 0.328 bits per heavy atom. The van der Waals surface area contributed by atoms with Crippen LogP contribution < -0.4 is 87.6 Å². The summed E-state index contributed by atoms with van der Waals surface area (Å²) < 4.78 is 44.0. The normalized spacial score (nSPS) is 12.6. The summed E-state index contributed by atoms with van der Waals surface area (Å²) in [6.45, 7) is 38.5. The number of nitrogens with two attached hydrogens (primary N) is 6. The van der Waals surface area contributed by atoms with Gasteiger partial charge in [0, 0.05) is 40.5 Å². The molecule has 0 bridgehead atoms. The number of hydrogen-bond donors (Lipinski definition) is 16. The van der Waals surface area contributed by atoms with Crippen molar-refractivity contribution in [3.8, 4) is 0 Å². The van der Waals surface area contributed by atoms with Gasteiger partial charge in [0.25, 0.3) is 0 Å². The zero-order valence-electron chi connectivity index (χ0n) is 72.4. The molecule has 0 spiro atoms. The minimum Gasteiger partial charge on any atom is -0.469 e. The van der Waals surface area contributed by atoms with Crippen molar-refractivity contribution >= 4 is 108 Å². The molecule has 0 rings (SSSR count). The van der Waals surface area contributed by atoms with Crippen LogP contribution in [0, 0.1) is 0 Å². The van der Waals surface area contributed by atoms with Crippen LogP contribution in [0.2, 0.25) is 0 Å². The Kier molecular flexibility index (Phi) is 60.0. The lowest BCUT2D eigenvalue weighted by Crippen LogP contribution is -2.48. The number of ether oxygens (including phenoxy) is 9. The number of amides is 15. The van der Waals surface area contributed by atoms with Crippen molar-refractivity contribution in [2.75, 3.05) is 41.9 Å². The summed E-state index contributed by atoms with van der Waals surface area (Å²) in [5.41, 5.74) is 26.3. The van der Waals surface area contributed by atoms with E-state index < -0.39 is 171 Å². The highest BCUT2D eigenvalue weighted by molar-refractivity contribution is 5.94. The molecular formula is C73H141N17O26. The molecule has 674 valence electrons. The quantitative estimate of drug-likeness (QED) is 0.0154. The number of alkyl carbamates (subject to hydrolysis) is 7.